The molecule has 1 aliphatic heterocycles. The Labute approximate surface area is 200 Å². The molecule has 0 bridgehead atoms. The van der Waals surface area contributed by atoms with Crippen molar-refractivity contribution in [2.45, 2.75) is 33.3 Å². The summed E-state index contributed by atoms with van der Waals surface area (Å²) in [6, 6.07) is 14.4. The first-order valence-corrected chi connectivity index (χ1v) is 12.2. The van der Waals surface area contributed by atoms with Gasteiger partial charge in [0.25, 0.3) is 0 Å². The Morgan fingerprint density at radius 2 is 1.76 bits per heavy atom. The third-order valence-electron chi connectivity index (χ3n) is 7.00. The van der Waals surface area contributed by atoms with Gasteiger partial charge in [-0.1, -0.05) is 38.1 Å². The van der Waals surface area contributed by atoms with Crippen LogP contribution in [0.5, 0.6) is 5.75 Å². The number of hydrogen-bond acceptors (Lipinski definition) is 4. The SMILES string of the molecule is CCN(CC)CCNc1cc2c(c3c1c(=O)c1cc4ccccc4cc1n3C)C=CC(C)(C)O2. The zero-order valence-corrected chi connectivity index (χ0v) is 20.7. The molecule has 2 heterocycles. The first-order valence-electron chi connectivity index (χ1n) is 12.2. The van der Waals surface area contributed by atoms with Gasteiger partial charge in [-0.3, -0.25) is 4.79 Å². The van der Waals surface area contributed by atoms with Crippen molar-refractivity contribution in [3.8, 4) is 5.75 Å². The third kappa shape index (κ3) is 3.74. The van der Waals surface area contributed by atoms with E-state index in [1.807, 2.05) is 31.3 Å². The fourth-order valence-electron chi connectivity index (χ4n) is 5.06. The number of pyridine rings is 1. The predicted molar refractivity (Wildman–Crippen MR) is 144 cm³/mol. The third-order valence-corrected chi connectivity index (χ3v) is 7.00. The van der Waals surface area contributed by atoms with Crippen LogP contribution in [0.2, 0.25) is 0 Å². The number of anilines is 1. The monoisotopic (exact) mass is 455 g/mol. The molecule has 34 heavy (non-hydrogen) atoms. The van der Waals surface area contributed by atoms with E-state index in [-0.39, 0.29) is 5.43 Å². The van der Waals surface area contributed by atoms with Gasteiger partial charge in [0.05, 0.1) is 22.1 Å². The summed E-state index contributed by atoms with van der Waals surface area (Å²) in [6.45, 7) is 12.1. The van der Waals surface area contributed by atoms with Crippen molar-refractivity contribution in [3.05, 3.63) is 64.3 Å². The highest BCUT2D eigenvalue weighted by Crippen LogP contribution is 2.40. The van der Waals surface area contributed by atoms with E-state index in [0.29, 0.717) is 0 Å². The van der Waals surface area contributed by atoms with Gasteiger partial charge in [0, 0.05) is 37.2 Å². The largest absolute Gasteiger partial charge is 0.483 e. The van der Waals surface area contributed by atoms with Crippen LogP contribution in [0.3, 0.4) is 0 Å². The zero-order chi connectivity index (χ0) is 24.0. The van der Waals surface area contributed by atoms with Gasteiger partial charge in [0.1, 0.15) is 11.4 Å². The van der Waals surface area contributed by atoms with E-state index in [9.17, 15) is 4.79 Å². The Bertz CT molecular complexity index is 1490. The first-order chi connectivity index (χ1) is 16.3. The summed E-state index contributed by atoms with van der Waals surface area (Å²) in [5.41, 5.74) is 3.28. The topological polar surface area (TPSA) is 46.5 Å². The van der Waals surface area contributed by atoms with Gasteiger partial charge in [-0.15, -0.1) is 0 Å². The maximum atomic E-state index is 14.0. The highest BCUT2D eigenvalue weighted by molar-refractivity contribution is 6.08. The lowest BCUT2D eigenvalue weighted by Gasteiger charge is -2.30. The Morgan fingerprint density at radius 3 is 2.47 bits per heavy atom. The van der Waals surface area contributed by atoms with Crippen LogP contribution in [0, 0.1) is 0 Å². The van der Waals surface area contributed by atoms with Crippen LogP contribution < -0.4 is 15.5 Å². The van der Waals surface area contributed by atoms with E-state index < -0.39 is 5.60 Å². The Kier molecular flexibility index (Phi) is 5.61. The van der Waals surface area contributed by atoms with Crippen LogP contribution in [-0.4, -0.2) is 41.2 Å². The second-order valence-electron chi connectivity index (χ2n) is 9.66. The number of hydrogen-bond donors (Lipinski definition) is 1. The average molecular weight is 456 g/mol. The molecule has 1 N–H and O–H groups in total. The van der Waals surface area contributed by atoms with E-state index in [2.05, 4.69) is 72.8 Å². The summed E-state index contributed by atoms with van der Waals surface area (Å²) < 4.78 is 8.51. The van der Waals surface area contributed by atoms with E-state index in [0.717, 1.165) is 75.8 Å². The number of fused-ring (bicyclic) bond motifs is 5. The number of benzene rings is 3. The predicted octanol–water partition coefficient (Wildman–Crippen LogP) is 5.78. The van der Waals surface area contributed by atoms with Crippen molar-refractivity contribution in [3.63, 3.8) is 0 Å². The number of aryl methyl sites for hydroxylation is 1. The second-order valence-corrected chi connectivity index (χ2v) is 9.66. The summed E-state index contributed by atoms with van der Waals surface area (Å²) >= 11 is 0. The Morgan fingerprint density at radius 1 is 1.06 bits per heavy atom. The van der Waals surface area contributed by atoms with Crippen molar-refractivity contribution >= 4 is 44.3 Å². The average Bonchev–Trinajstić information content (AvgIpc) is 2.83. The van der Waals surface area contributed by atoms with Gasteiger partial charge in [-0.2, -0.15) is 0 Å². The summed E-state index contributed by atoms with van der Waals surface area (Å²) in [5.74, 6) is 0.806. The van der Waals surface area contributed by atoms with Crippen molar-refractivity contribution in [2.75, 3.05) is 31.5 Å². The maximum absolute atomic E-state index is 14.0. The molecule has 5 heteroatoms. The molecule has 5 rings (SSSR count). The van der Waals surface area contributed by atoms with Gasteiger partial charge < -0.3 is 19.5 Å². The molecule has 5 nitrogen and oxygen atoms in total. The quantitative estimate of drug-likeness (QED) is 0.374. The summed E-state index contributed by atoms with van der Waals surface area (Å²) in [7, 11) is 2.05. The molecular formula is C29H33N3O2. The minimum Gasteiger partial charge on any atom is -0.483 e. The normalized spacial score (nSPS) is 14.6. The smallest absolute Gasteiger partial charge is 0.199 e. The van der Waals surface area contributed by atoms with Crippen LogP contribution in [0.15, 0.2) is 53.3 Å². The summed E-state index contributed by atoms with van der Waals surface area (Å²) in [4.78, 5) is 16.4. The Balaban J connectivity index is 1.79. The molecule has 1 aliphatic rings. The van der Waals surface area contributed by atoms with Gasteiger partial charge in [-0.25, -0.2) is 0 Å². The minimum atomic E-state index is -0.398. The molecule has 4 aromatic rings. The molecule has 0 unspecified atom stereocenters. The van der Waals surface area contributed by atoms with Crippen molar-refractivity contribution in [1.82, 2.24) is 9.47 Å². The van der Waals surface area contributed by atoms with Crippen LogP contribution in [0.25, 0.3) is 38.7 Å². The molecular weight excluding hydrogens is 422 g/mol. The molecule has 176 valence electrons. The highest BCUT2D eigenvalue weighted by atomic mass is 16.5. The molecule has 0 spiro atoms. The van der Waals surface area contributed by atoms with Gasteiger partial charge in [-0.05, 0) is 62.0 Å². The number of aromatic nitrogens is 1. The fourth-order valence-corrected chi connectivity index (χ4v) is 5.06. The van der Waals surface area contributed by atoms with Crippen molar-refractivity contribution in [1.29, 1.82) is 0 Å². The molecule has 0 aliphatic carbocycles. The lowest BCUT2D eigenvalue weighted by atomic mass is 9.96. The summed E-state index contributed by atoms with van der Waals surface area (Å²) in [5, 5.41) is 7.23. The fraction of sp³-hybridized carbons (Fsp3) is 0.345. The van der Waals surface area contributed by atoms with Crippen LogP contribution in [0.1, 0.15) is 33.3 Å². The van der Waals surface area contributed by atoms with E-state index >= 15 is 0 Å². The van der Waals surface area contributed by atoms with Crippen molar-refractivity contribution < 1.29 is 4.74 Å². The number of ether oxygens (including phenoxy) is 1. The molecule has 3 aromatic carbocycles. The molecule has 0 fully saturated rings. The highest BCUT2D eigenvalue weighted by Gasteiger charge is 2.26. The van der Waals surface area contributed by atoms with Gasteiger partial charge >= 0.3 is 0 Å². The summed E-state index contributed by atoms with van der Waals surface area (Å²) in [6.07, 6.45) is 4.17. The first kappa shape index (κ1) is 22.5. The molecule has 0 saturated carbocycles. The zero-order valence-electron chi connectivity index (χ0n) is 20.7. The van der Waals surface area contributed by atoms with E-state index in [1.165, 1.54) is 0 Å². The molecule has 1 aromatic heterocycles. The van der Waals surface area contributed by atoms with Crippen LogP contribution in [-0.2, 0) is 7.05 Å². The van der Waals surface area contributed by atoms with Gasteiger partial charge in [0.2, 0.25) is 0 Å². The number of nitrogens with zero attached hydrogens (tertiary/aromatic N) is 2. The Hall–Kier alpha value is -3.31. The lowest BCUT2D eigenvalue weighted by molar-refractivity contribution is 0.159. The van der Waals surface area contributed by atoms with Crippen molar-refractivity contribution in [2.24, 2.45) is 7.05 Å². The van der Waals surface area contributed by atoms with E-state index in [1.54, 1.807) is 0 Å². The van der Waals surface area contributed by atoms with Gasteiger partial charge in [0.15, 0.2) is 5.43 Å². The second kappa shape index (κ2) is 8.48. The van der Waals surface area contributed by atoms with Crippen LogP contribution in [0.4, 0.5) is 5.69 Å². The molecule has 0 amide bonds. The molecule has 0 atom stereocenters. The lowest BCUT2D eigenvalue weighted by Crippen LogP contribution is -2.29. The molecule has 0 radical (unpaired) electrons. The van der Waals surface area contributed by atoms with E-state index in [4.69, 9.17) is 4.74 Å². The minimum absolute atomic E-state index is 0.0558. The maximum Gasteiger partial charge on any atom is 0.199 e. The number of rotatable bonds is 6. The van der Waals surface area contributed by atoms with Crippen LogP contribution >= 0.6 is 0 Å². The number of nitrogens with one attached hydrogen (secondary N) is 1. The molecule has 0 saturated heterocycles. The standard InChI is InChI=1S/C29H33N3O2/c1-6-32(7-2)15-14-30-23-18-25-21(12-13-29(3,4)34-25)27-26(23)28(33)22-16-19-10-8-9-11-20(19)17-24(22)31(27)5/h8-13,16-18,30H,6-7,14-15H2,1-5H3. The number of likely N-dealkylation sites (N-methyl/N-ethyl adjacent to an activating group) is 1.